The van der Waals surface area contributed by atoms with Crippen LogP contribution < -0.4 is 0 Å². The van der Waals surface area contributed by atoms with E-state index in [9.17, 15) is 10.1 Å². The minimum absolute atomic E-state index is 0.338. The number of hydrogen-bond acceptors (Lipinski definition) is 4. The van der Waals surface area contributed by atoms with Gasteiger partial charge in [0.25, 0.3) is 6.54 Å². The third kappa shape index (κ3) is 2.21. The smallest absolute Gasteiger partial charge is 0.264 e. The summed E-state index contributed by atoms with van der Waals surface area (Å²) in [6.45, 7) is 0.823. The molecule has 2 heterocycles. The van der Waals surface area contributed by atoms with Crippen molar-refractivity contribution in [3.8, 4) is 0 Å². The van der Waals surface area contributed by atoms with E-state index >= 15 is 0 Å². The van der Waals surface area contributed by atoms with Crippen LogP contribution >= 0.6 is 11.6 Å². The van der Waals surface area contributed by atoms with Gasteiger partial charge in [-0.05, 0) is 12.1 Å². The van der Waals surface area contributed by atoms with Gasteiger partial charge in [-0.15, -0.1) is 0 Å². The van der Waals surface area contributed by atoms with E-state index in [0.717, 1.165) is 6.54 Å². The van der Waals surface area contributed by atoms with Crippen LogP contribution in [0.2, 0.25) is 5.15 Å². The van der Waals surface area contributed by atoms with E-state index in [-0.39, 0.29) is 0 Å². The van der Waals surface area contributed by atoms with Crippen LogP contribution in [0.3, 0.4) is 0 Å². The van der Waals surface area contributed by atoms with Crippen molar-refractivity contribution in [3.63, 3.8) is 0 Å². The number of nitrogens with zero attached hydrogens (tertiary/aromatic N) is 4. The highest BCUT2D eigenvalue weighted by Gasteiger charge is 2.07. The molecule has 0 fully saturated rings. The van der Waals surface area contributed by atoms with Gasteiger partial charge < -0.3 is 0 Å². The van der Waals surface area contributed by atoms with Crippen LogP contribution in [0.25, 0.3) is 5.65 Å². The Balaban J connectivity index is 2.27. The second-order valence-corrected chi connectivity index (χ2v) is 3.11. The number of rotatable bonds is 3. The van der Waals surface area contributed by atoms with Crippen LogP contribution in [-0.4, -0.2) is 19.5 Å². The van der Waals surface area contributed by atoms with Gasteiger partial charge in [0, 0.05) is 4.92 Å². The number of imidazole rings is 1. The van der Waals surface area contributed by atoms with Gasteiger partial charge in [0.15, 0.2) is 5.65 Å². The summed E-state index contributed by atoms with van der Waals surface area (Å²) < 4.78 is 1.46. The summed E-state index contributed by atoms with van der Waals surface area (Å²) >= 11 is 5.67. The molecule has 2 radical (unpaired) electrons. The van der Waals surface area contributed by atoms with Crippen LogP contribution in [0.1, 0.15) is 5.69 Å². The Morgan fingerprint density at radius 1 is 1.53 bits per heavy atom. The molecule has 76 valence electrons. The highest BCUT2D eigenvalue weighted by atomic mass is 35.5. The molecule has 0 aliphatic carbocycles. The minimum atomic E-state index is -0.551. The molecule has 0 unspecified atom stereocenters. The normalized spacial score (nSPS) is 10.7. The van der Waals surface area contributed by atoms with Crippen LogP contribution in [0.15, 0.2) is 18.3 Å². The summed E-state index contributed by atoms with van der Waals surface area (Å²) in [7, 11) is 0. The van der Waals surface area contributed by atoms with E-state index in [4.69, 9.17) is 11.6 Å². The fourth-order valence-corrected chi connectivity index (χ4v) is 1.24. The lowest BCUT2D eigenvalue weighted by molar-refractivity contribution is -0.430. The molecule has 6 nitrogen and oxygen atoms in total. The van der Waals surface area contributed by atoms with Crippen LogP contribution in [0.5, 0.6) is 0 Å². The first kappa shape index (κ1) is 9.85. The fraction of sp³-hybridized carbons (Fsp3) is 0. The van der Waals surface area contributed by atoms with Crippen molar-refractivity contribution in [1.29, 1.82) is 0 Å². The maximum atomic E-state index is 10.1. The van der Waals surface area contributed by atoms with Gasteiger partial charge >= 0.3 is 0 Å². The Labute approximate surface area is 89.6 Å². The Hall–Kier alpha value is -1.69. The lowest BCUT2D eigenvalue weighted by Gasteiger charge is -1.90. The van der Waals surface area contributed by atoms with Crippen molar-refractivity contribution in [1.82, 2.24) is 14.6 Å². The molecule has 0 bridgehead atoms. The number of aromatic nitrogens is 3. The highest BCUT2D eigenvalue weighted by molar-refractivity contribution is 6.29. The molecule has 2 aromatic rings. The van der Waals surface area contributed by atoms with E-state index in [1.807, 2.05) is 0 Å². The maximum Gasteiger partial charge on any atom is 0.288 e. The summed E-state index contributed by atoms with van der Waals surface area (Å²) in [4.78, 5) is 13.6. The summed E-state index contributed by atoms with van der Waals surface area (Å²) in [6, 6.07) is 3.28. The van der Waals surface area contributed by atoms with Crippen molar-refractivity contribution in [3.05, 3.63) is 52.3 Å². The Morgan fingerprint density at radius 2 is 2.33 bits per heavy atom. The van der Waals surface area contributed by atoms with Crippen molar-refractivity contribution >= 4 is 17.2 Å². The molecule has 0 saturated heterocycles. The zero-order valence-corrected chi connectivity index (χ0v) is 8.13. The van der Waals surface area contributed by atoms with Gasteiger partial charge in [0.05, 0.1) is 18.3 Å². The highest BCUT2D eigenvalue weighted by Crippen LogP contribution is 2.09. The molecular formula is C8H5ClN4O2. The molecule has 0 aliphatic rings. The lowest BCUT2D eigenvalue weighted by atomic mass is 10.3. The van der Waals surface area contributed by atoms with E-state index in [0.29, 0.717) is 16.5 Å². The topological polar surface area (TPSA) is 73.3 Å². The first-order chi connectivity index (χ1) is 7.15. The predicted molar refractivity (Wildman–Crippen MR) is 52.7 cm³/mol. The van der Waals surface area contributed by atoms with Crippen molar-refractivity contribution < 1.29 is 4.92 Å². The van der Waals surface area contributed by atoms with Gasteiger partial charge in [0.1, 0.15) is 5.15 Å². The average molecular weight is 225 g/mol. The third-order valence-corrected chi connectivity index (χ3v) is 1.87. The standard InChI is InChI=1S/C8H5ClN4O2/c9-7-1-2-8-10-6(3-4-13(14)15)5-12(8)11-7/h1-5H. The molecule has 2 rings (SSSR count). The molecule has 0 aromatic carbocycles. The average Bonchev–Trinajstić information content (AvgIpc) is 2.56. The zero-order valence-electron chi connectivity index (χ0n) is 7.37. The molecule has 0 atom stereocenters. The van der Waals surface area contributed by atoms with Gasteiger partial charge in [0.2, 0.25) is 0 Å². The SMILES string of the molecule is O=[N+]([O-])[CH][CH]c1cn2nc(Cl)ccc2n1. The van der Waals surface area contributed by atoms with Crippen molar-refractivity contribution in [2.75, 3.05) is 0 Å². The number of nitro groups is 1. The largest absolute Gasteiger partial charge is 0.288 e. The number of hydrogen-bond donors (Lipinski definition) is 0. The van der Waals surface area contributed by atoms with Gasteiger partial charge in [-0.1, -0.05) is 11.6 Å². The Bertz CT molecular complexity index is 510. The molecular weight excluding hydrogens is 220 g/mol. The Morgan fingerprint density at radius 3 is 3.07 bits per heavy atom. The second-order valence-electron chi connectivity index (χ2n) is 2.73. The molecule has 15 heavy (non-hydrogen) atoms. The van der Waals surface area contributed by atoms with Crippen molar-refractivity contribution in [2.45, 2.75) is 0 Å². The number of halogens is 1. The molecule has 0 N–H and O–H groups in total. The summed E-state index contributed by atoms with van der Waals surface area (Å²) in [5, 5.41) is 14.4. The molecule has 0 aliphatic heterocycles. The van der Waals surface area contributed by atoms with Gasteiger partial charge in [-0.2, -0.15) is 5.10 Å². The third-order valence-electron chi connectivity index (χ3n) is 1.67. The summed E-state index contributed by atoms with van der Waals surface area (Å²) in [5.41, 5.74) is 1.05. The fourth-order valence-electron chi connectivity index (χ4n) is 1.09. The van der Waals surface area contributed by atoms with Gasteiger partial charge in [-0.3, -0.25) is 10.1 Å². The predicted octanol–water partition coefficient (Wildman–Crippen LogP) is 1.37. The first-order valence-electron chi connectivity index (χ1n) is 3.99. The Kier molecular flexibility index (Phi) is 2.51. The summed E-state index contributed by atoms with van der Waals surface area (Å²) in [5.74, 6) is 0. The van der Waals surface area contributed by atoms with Crippen LogP contribution in [0, 0.1) is 23.1 Å². The lowest BCUT2D eigenvalue weighted by Crippen LogP contribution is -1.94. The van der Waals surface area contributed by atoms with E-state index in [1.54, 1.807) is 18.3 Å². The van der Waals surface area contributed by atoms with Gasteiger partial charge in [-0.25, -0.2) is 9.50 Å². The van der Waals surface area contributed by atoms with E-state index in [2.05, 4.69) is 10.1 Å². The molecule has 0 amide bonds. The summed E-state index contributed by atoms with van der Waals surface area (Å²) in [6.07, 6.45) is 2.85. The van der Waals surface area contributed by atoms with Crippen LogP contribution in [0.4, 0.5) is 0 Å². The zero-order chi connectivity index (χ0) is 10.8. The van der Waals surface area contributed by atoms with E-state index < -0.39 is 4.92 Å². The second kappa shape index (κ2) is 3.82. The first-order valence-corrected chi connectivity index (χ1v) is 4.36. The molecule has 7 heteroatoms. The molecule has 0 saturated carbocycles. The number of fused-ring (bicyclic) bond motifs is 1. The van der Waals surface area contributed by atoms with Crippen LogP contribution in [-0.2, 0) is 0 Å². The monoisotopic (exact) mass is 224 g/mol. The van der Waals surface area contributed by atoms with E-state index in [1.165, 1.54) is 10.9 Å². The molecule has 2 aromatic heterocycles. The minimum Gasteiger partial charge on any atom is -0.264 e. The molecule has 0 spiro atoms. The maximum absolute atomic E-state index is 10.1. The quantitative estimate of drug-likeness (QED) is 0.583. The van der Waals surface area contributed by atoms with Crippen molar-refractivity contribution in [2.24, 2.45) is 0 Å².